The van der Waals surface area contributed by atoms with Gasteiger partial charge < -0.3 is 0 Å². The lowest BCUT2D eigenvalue weighted by molar-refractivity contribution is 1.21. The molecule has 0 aromatic heterocycles. The van der Waals surface area contributed by atoms with Crippen LogP contribution in [0.5, 0.6) is 0 Å². The van der Waals surface area contributed by atoms with Crippen LogP contribution in [0.15, 0.2) is 59.2 Å². The Morgan fingerprint density at radius 2 is 1.83 bits per heavy atom. The van der Waals surface area contributed by atoms with Crippen molar-refractivity contribution < 1.29 is 0 Å². The molecule has 0 radical (unpaired) electrons. The molecule has 0 spiro atoms. The van der Waals surface area contributed by atoms with Crippen molar-refractivity contribution >= 4 is 16.5 Å². The first-order valence-electron chi connectivity index (χ1n) is 6.44. The molecule has 18 heavy (non-hydrogen) atoms. The first-order valence-corrected chi connectivity index (χ1v) is 6.44. The Kier molecular flexibility index (Phi) is 3.93. The van der Waals surface area contributed by atoms with E-state index < -0.39 is 0 Å². The Labute approximate surface area is 109 Å². The van der Waals surface area contributed by atoms with E-state index in [4.69, 9.17) is 0 Å². The molecule has 0 fully saturated rings. The summed E-state index contributed by atoms with van der Waals surface area (Å²) in [6.07, 6.45) is 2.99. The lowest BCUT2D eigenvalue weighted by atomic mass is 10.0. The number of benzene rings is 2. The van der Waals surface area contributed by atoms with Crippen molar-refractivity contribution in [1.29, 1.82) is 0 Å². The Morgan fingerprint density at radius 3 is 2.50 bits per heavy atom. The minimum Gasteiger partial charge on any atom is -0.258 e. The van der Waals surface area contributed by atoms with E-state index >= 15 is 0 Å². The van der Waals surface area contributed by atoms with Crippen molar-refractivity contribution in [3.63, 3.8) is 0 Å². The molecular weight excluding hydrogens is 218 g/mol. The zero-order chi connectivity index (χ0) is 13.0. The van der Waals surface area contributed by atoms with Gasteiger partial charge in [0, 0.05) is 11.4 Å². The van der Waals surface area contributed by atoms with Gasteiger partial charge in [-0.2, -0.15) is 0 Å². The maximum atomic E-state index is 4.67. The maximum Gasteiger partial charge on any atom is 0.0476 e. The number of allylic oxidation sites excluding steroid dienone is 2. The topological polar surface area (TPSA) is 12.4 Å². The molecule has 0 saturated heterocycles. The molecule has 2 aromatic rings. The van der Waals surface area contributed by atoms with Gasteiger partial charge in [0.15, 0.2) is 0 Å². The van der Waals surface area contributed by atoms with Gasteiger partial charge in [0.2, 0.25) is 0 Å². The van der Waals surface area contributed by atoms with E-state index in [1.54, 1.807) is 0 Å². The smallest absolute Gasteiger partial charge is 0.0476 e. The largest absolute Gasteiger partial charge is 0.258 e. The van der Waals surface area contributed by atoms with Gasteiger partial charge in [0.05, 0.1) is 0 Å². The molecule has 0 amide bonds. The van der Waals surface area contributed by atoms with E-state index in [0.29, 0.717) is 0 Å². The minimum absolute atomic E-state index is 0.948. The van der Waals surface area contributed by atoms with E-state index in [0.717, 1.165) is 17.8 Å². The molecule has 92 valence electrons. The molecule has 2 rings (SSSR count). The van der Waals surface area contributed by atoms with Gasteiger partial charge in [-0.25, -0.2) is 0 Å². The second-order valence-corrected chi connectivity index (χ2v) is 4.40. The highest BCUT2D eigenvalue weighted by Gasteiger charge is 2.02. The molecule has 1 nitrogen and oxygen atoms in total. The van der Waals surface area contributed by atoms with Crippen LogP contribution in [0.4, 0.5) is 0 Å². The average molecular weight is 237 g/mol. The molecule has 0 saturated carbocycles. The molecule has 0 atom stereocenters. The third kappa shape index (κ3) is 2.67. The zero-order valence-electron chi connectivity index (χ0n) is 11.3. The van der Waals surface area contributed by atoms with Gasteiger partial charge in [0.25, 0.3) is 0 Å². The predicted octanol–water partition coefficient (Wildman–Crippen LogP) is 4.96. The fourth-order valence-corrected chi connectivity index (χ4v) is 1.99. The van der Waals surface area contributed by atoms with Crippen molar-refractivity contribution in [2.75, 3.05) is 0 Å². The molecule has 0 aliphatic rings. The van der Waals surface area contributed by atoms with E-state index in [-0.39, 0.29) is 0 Å². The third-order valence-electron chi connectivity index (χ3n) is 3.15. The normalized spacial score (nSPS) is 13.1. The highest BCUT2D eigenvalue weighted by Crippen LogP contribution is 2.17. The zero-order valence-corrected chi connectivity index (χ0v) is 11.3. The molecule has 0 aliphatic heterocycles. The maximum absolute atomic E-state index is 4.67. The van der Waals surface area contributed by atoms with Gasteiger partial charge in [-0.3, -0.25) is 4.99 Å². The summed E-state index contributed by atoms with van der Waals surface area (Å²) < 4.78 is 0. The van der Waals surface area contributed by atoms with Gasteiger partial charge >= 0.3 is 0 Å². The third-order valence-corrected chi connectivity index (χ3v) is 3.15. The Morgan fingerprint density at radius 1 is 1.11 bits per heavy atom. The predicted molar refractivity (Wildman–Crippen MR) is 80.2 cm³/mol. The number of rotatable bonds is 3. The molecule has 0 N–H and O–H groups in total. The van der Waals surface area contributed by atoms with Crippen LogP contribution >= 0.6 is 0 Å². The highest BCUT2D eigenvalue weighted by molar-refractivity contribution is 6.03. The molecular formula is C17H19N. The highest BCUT2D eigenvalue weighted by atomic mass is 14.7. The molecule has 0 unspecified atom stereocenters. The second kappa shape index (κ2) is 5.63. The number of nitrogens with zero attached hydrogens (tertiary/aromatic N) is 1. The van der Waals surface area contributed by atoms with Gasteiger partial charge in [0.1, 0.15) is 0 Å². The Hall–Kier alpha value is -1.89. The summed E-state index contributed by atoms with van der Waals surface area (Å²) >= 11 is 0. The summed E-state index contributed by atoms with van der Waals surface area (Å²) in [6.45, 7) is 6.21. The summed E-state index contributed by atoms with van der Waals surface area (Å²) in [6, 6.07) is 15.0. The molecule has 0 heterocycles. The first kappa shape index (κ1) is 12.6. The average Bonchev–Trinajstić information content (AvgIpc) is 2.44. The number of hydrogen-bond donors (Lipinski definition) is 0. The van der Waals surface area contributed by atoms with Crippen molar-refractivity contribution in [3.05, 3.63) is 59.8 Å². The van der Waals surface area contributed by atoms with Crippen LogP contribution < -0.4 is 0 Å². The Balaban J connectivity index is 2.49. The number of hydrogen-bond acceptors (Lipinski definition) is 1. The van der Waals surface area contributed by atoms with E-state index in [1.165, 1.54) is 16.3 Å². The van der Waals surface area contributed by atoms with Crippen LogP contribution in [0.2, 0.25) is 0 Å². The summed E-state index contributed by atoms with van der Waals surface area (Å²) in [4.78, 5) is 4.67. The van der Waals surface area contributed by atoms with Crippen LogP contribution in [-0.4, -0.2) is 5.71 Å². The van der Waals surface area contributed by atoms with Crippen LogP contribution in [0.3, 0.4) is 0 Å². The first-order chi connectivity index (χ1) is 8.74. The Bertz CT molecular complexity index is 606. The van der Waals surface area contributed by atoms with Crippen molar-refractivity contribution in [2.45, 2.75) is 27.2 Å². The lowest BCUT2D eigenvalue weighted by Gasteiger charge is -2.06. The van der Waals surface area contributed by atoms with Gasteiger partial charge in [-0.1, -0.05) is 49.4 Å². The second-order valence-electron chi connectivity index (χ2n) is 4.40. The monoisotopic (exact) mass is 237 g/mol. The molecule has 0 bridgehead atoms. The van der Waals surface area contributed by atoms with Crippen LogP contribution in [0.1, 0.15) is 32.8 Å². The van der Waals surface area contributed by atoms with E-state index in [1.807, 2.05) is 19.9 Å². The van der Waals surface area contributed by atoms with Gasteiger partial charge in [-0.05, 0) is 42.7 Å². The molecule has 0 aliphatic carbocycles. The summed E-state index contributed by atoms with van der Waals surface area (Å²) in [5.74, 6) is 0. The van der Waals surface area contributed by atoms with Crippen LogP contribution in [0.25, 0.3) is 10.8 Å². The summed E-state index contributed by atoms with van der Waals surface area (Å²) in [7, 11) is 0. The van der Waals surface area contributed by atoms with Crippen LogP contribution in [-0.2, 0) is 0 Å². The van der Waals surface area contributed by atoms with Crippen molar-refractivity contribution in [1.82, 2.24) is 0 Å². The quantitative estimate of drug-likeness (QED) is 0.669. The van der Waals surface area contributed by atoms with Crippen LogP contribution in [0, 0.1) is 0 Å². The SMILES string of the molecule is C/C=C(/C)N=C(CC)c1ccc2ccccc2c1. The van der Waals surface area contributed by atoms with Crippen molar-refractivity contribution in [3.8, 4) is 0 Å². The lowest BCUT2D eigenvalue weighted by Crippen LogP contribution is -1.99. The van der Waals surface area contributed by atoms with Gasteiger partial charge in [-0.15, -0.1) is 0 Å². The molecule has 1 heteroatoms. The fraction of sp³-hybridized carbons (Fsp3) is 0.235. The summed E-state index contributed by atoms with van der Waals surface area (Å²) in [5, 5.41) is 2.55. The van der Waals surface area contributed by atoms with Crippen molar-refractivity contribution in [2.24, 2.45) is 4.99 Å². The minimum atomic E-state index is 0.948. The summed E-state index contributed by atoms with van der Waals surface area (Å²) in [5.41, 5.74) is 3.44. The fourth-order valence-electron chi connectivity index (χ4n) is 1.99. The van der Waals surface area contributed by atoms with E-state index in [9.17, 15) is 0 Å². The number of fused-ring (bicyclic) bond motifs is 1. The van der Waals surface area contributed by atoms with E-state index in [2.05, 4.69) is 54.4 Å². The number of aliphatic imine (C=N–C) groups is 1. The molecule has 2 aromatic carbocycles. The standard InChI is InChI=1S/C17H19N/c1-4-13(3)18-17(5-2)16-11-10-14-8-6-7-9-15(14)12-16/h4,6-12H,5H2,1-3H3/b13-4-,18-17?.